The summed E-state index contributed by atoms with van der Waals surface area (Å²) < 4.78 is 2.90. The normalized spacial score (nSPS) is 10.8. The van der Waals surface area contributed by atoms with E-state index in [9.17, 15) is 0 Å². The van der Waals surface area contributed by atoms with E-state index < -0.39 is 0 Å². The number of nitrogens with zero attached hydrogens (tertiary/aromatic N) is 2. The summed E-state index contributed by atoms with van der Waals surface area (Å²) in [5, 5.41) is 0. The molecular weight excluding hydrogens is 311 g/mol. The van der Waals surface area contributed by atoms with Crippen LogP contribution in [0.5, 0.6) is 0 Å². The summed E-state index contributed by atoms with van der Waals surface area (Å²) in [6, 6.07) is 17.7. The first-order chi connectivity index (χ1) is 9.56. The van der Waals surface area contributed by atoms with Gasteiger partial charge in [-0.25, -0.2) is 0 Å². The molecule has 0 N–H and O–H groups in total. The maximum absolute atomic E-state index is 2.26. The molecule has 106 valence electrons. The van der Waals surface area contributed by atoms with Gasteiger partial charge in [-0.1, -0.05) is 0 Å². The second-order valence-electron chi connectivity index (χ2n) is 5.34. The fourth-order valence-electron chi connectivity index (χ4n) is 2.01. The SMILES string of the molecule is CN(C)Cc1ccccc1[Se]c1ccc(N(C)C)cc1. The standard InChI is InChI=1S/C17H22N2Se/c1-18(2)13-14-7-5-6-8-17(14)20-16-11-9-15(10-12-16)19(3)4/h5-12H,13H2,1-4H3. The van der Waals surface area contributed by atoms with Crippen LogP contribution in [0.4, 0.5) is 5.69 Å². The van der Waals surface area contributed by atoms with Crippen LogP contribution in [0.2, 0.25) is 0 Å². The van der Waals surface area contributed by atoms with Gasteiger partial charge in [0.05, 0.1) is 0 Å². The zero-order chi connectivity index (χ0) is 14.5. The Morgan fingerprint density at radius 2 is 1.50 bits per heavy atom. The summed E-state index contributed by atoms with van der Waals surface area (Å²) in [6.07, 6.45) is 0. The van der Waals surface area contributed by atoms with Crippen LogP contribution in [-0.4, -0.2) is 48.0 Å². The molecule has 0 atom stereocenters. The first-order valence-corrected chi connectivity index (χ1v) is 8.45. The first kappa shape index (κ1) is 15.1. The van der Waals surface area contributed by atoms with Crippen LogP contribution in [0.1, 0.15) is 5.56 Å². The molecule has 0 saturated heterocycles. The molecule has 3 heteroatoms. The van der Waals surface area contributed by atoms with Gasteiger partial charge in [0.2, 0.25) is 0 Å². The summed E-state index contributed by atoms with van der Waals surface area (Å²) in [5.41, 5.74) is 2.69. The molecule has 20 heavy (non-hydrogen) atoms. The van der Waals surface area contributed by atoms with Crippen molar-refractivity contribution in [3.8, 4) is 0 Å². The monoisotopic (exact) mass is 334 g/mol. The van der Waals surface area contributed by atoms with Gasteiger partial charge >= 0.3 is 128 Å². The molecule has 0 heterocycles. The summed E-state index contributed by atoms with van der Waals surface area (Å²) in [5.74, 6) is 0. The average molecular weight is 333 g/mol. The predicted molar refractivity (Wildman–Crippen MR) is 89.6 cm³/mol. The molecule has 0 aliphatic heterocycles. The Kier molecular flexibility index (Phi) is 5.24. The van der Waals surface area contributed by atoms with E-state index in [1.807, 2.05) is 0 Å². The Morgan fingerprint density at radius 1 is 0.850 bits per heavy atom. The molecule has 0 aromatic heterocycles. The van der Waals surface area contributed by atoms with Gasteiger partial charge in [-0.05, 0) is 0 Å². The Hall–Kier alpha value is -1.28. The molecule has 0 spiro atoms. The van der Waals surface area contributed by atoms with Crippen LogP contribution in [0.3, 0.4) is 0 Å². The second kappa shape index (κ2) is 6.94. The Balaban J connectivity index is 2.17. The van der Waals surface area contributed by atoms with Crippen molar-refractivity contribution in [3.63, 3.8) is 0 Å². The van der Waals surface area contributed by atoms with Gasteiger partial charge < -0.3 is 0 Å². The van der Waals surface area contributed by atoms with Crippen LogP contribution in [0.15, 0.2) is 48.5 Å². The van der Waals surface area contributed by atoms with Crippen molar-refractivity contribution in [1.82, 2.24) is 4.90 Å². The van der Waals surface area contributed by atoms with Gasteiger partial charge in [0.15, 0.2) is 0 Å². The first-order valence-electron chi connectivity index (χ1n) is 6.74. The molecule has 0 radical (unpaired) electrons. The molecule has 2 aromatic carbocycles. The molecule has 0 amide bonds. The molecule has 0 unspecified atom stereocenters. The Bertz CT molecular complexity index is 547. The zero-order valence-corrected chi connectivity index (χ0v) is 14.3. The molecule has 2 aromatic rings. The third-order valence-electron chi connectivity index (χ3n) is 3.04. The fraction of sp³-hybridized carbons (Fsp3) is 0.294. The molecule has 0 aliphatic rings. The third kappa shape index (κ3) is 4.11. The van der Waals surface area contributed by atoms with Crippen molar-refractivity contribution in [2.75, 3.05) is 33.1 Å². The van der Waals surface area contributed by atoms with Crippen LogP contribution in [0, 0.1) is 0 Å². The van der Waals surface area contributed by atoms with Gasteiger partial charge in [0.25, 0.3) is 0 Å². The minimum absolute atomic E-state index is 0.372. The van der Waals surface area contributed by atoms with Gasteiger partial charge in [0, 0.05) is 0 Å². The zero-order valence-electron chi connectivity index (χ0n) is 12.6. The van der Waals surface area contributed by atoms with Crippen molar-refractivity contribution in [2.24, 2.45) is 0 Å². The maximum atomic E-state index is 2.26. The van der Waals surface area contributed by atoms with E-state index in [2.05, 4.69) is 86.5 Å². The summed E-state index contributed by atoms with van der Waals surface area (Å²) in [7, 11) is 8.39. The topological polar surface area (TPSA) is 6.48 Å². The van der Waals surface area contributed by atoms with E-state index in [1.54, 1.807) is 0 Å². The number of anilines is 1. The quantitative estimate of drug-likeness (QED) is 0.765. The molecule has 2 rings (SSSR count). The van der Waals surface area contributed by atoms with E-state index in [0.29, 0.717) is 15.0 Å². The Labute approximate surface area is 128 Å². The van der Waals surface area contributed by atoms with E-state index in [-0.39, 0.29) is 0 Å². The number of hydrogen-bond donors (Lipinski definition) is 0. The van der Waals surface area contributed by atoms with Crippen molar-refractivity contribution < 1.29 is 0 Å². The number of hydrogen-bond acceptors (Lipinski definition) is 2. The van der Waals surface area contributed by atoms with Gasteiger partial charge in [0.1, 0.15) is 0 Å². The van der Waals surface area contributed by atoms with Crippen LogP contribution in [-0.2, 0) is 6.54 Å². The van der Waals surface area contributed by atoms with Gasteiger partial charge in [-0.3, -0.25) is 0 Å². The number of rotatable bonds is 5. The second-order valence-corrected chi connectivity index (χ2v) is 7.68. The number of benzene rings is 2. The summed E-state index contributed by atoms with van der Waals surface area (Å²) >= 11 is 0.372. The molecule has 0 saturated carbocycles. The van der Waals surface area contributed by atoms with Crippen molar-refractivity contribution >= 4 is 29.6 Å². The molecule has 0 aliphatic carbocycles. The van der Waals surface area contributed by atoms with Crippen LogP contribution >= 0.6 is 0 Å². The van der Waals surface area contributed by atoms with E-state index in [0.717, 1.165) is 6.54 Å². The Morgan fingerprint density at radius 3 is 2.10 bits per heavy atom. The van der Waals surface area contributed by atoms with E-state index in [1.165, 1.54) is 20.2 Å². The summed E-state index contributed by atoms with van der Waals surface area (Å²) in [6.45, 7) is 1.01. The third-order valence-corrected chi connectivity index (χ3v) is 5.40. The molecular formula is C17H22N2Se. The van der Waals surface area contributed by atoms with Crippen molar-refractivity contribution in [3.05, 3.63) is 54.1 Å². The van der Waals surface area contributed by atoms with E-state index >= 15 is 0 Å². The van der Waals surface area contributed by atoms with Crippen molar-refractivity contribution in [2.45, 2.75) is 6.54 Å². The predicted octanol–water partition coefficient (Wildman–Crippen LogP) is 1.47. The average Bonchev–Trinajstić information content (AvgIpc) is 2.41. The molecule has 0 bridgehead atoms. The van der Waals surface area contributed by atoms with Gasteiger partial charge in [-0.15, -0.1) is 0 Å². The van der Waals surface area contributed by atoms with Crippen molar-refractivity contribution in [1.29, 1.82) is 0 Å². The van der Waals surface area contributed by atoms with Gasteiger partial charge in [-0.2, -0.15) is 0 Å². The minimum atomic E-state index is 0.372. The summed E-state index contributed by atoms with van der Waals surface area (Å²) in [4.78, 5) is 4.36. The molecule has 2 nitrogen and oxygen atoms in total. The van der Waals surface area contributed by atoms with E-state index in [4.69, 9.17) is 0 Å². The molecule has 0 fully saturated rings. The van der Waals surface area contributed by atoms with Crippen LogP contribution < -0.4 is 13.8 Å². The van der Waals surface area contributed by atoms with Crippen LogP contribution in [0.25, 0.3) is 0 Å². The fourth-order valence-corrected chi connectivity index (χ4v) is 3.98.